The quantitative estimate of drug-likeness (QED) is 0.759. The zero-order valence-electron chi connectivity index (χ0n) is 9.35. The minimum absolute atomic E-state index is 0.209. The summed E-state index contributed by atoms with van der Waals surface area (Å²) >= 11 is 0. The van der Waals surface area contributed by atoms with Crippen molar-refractivity contribution in [3.63, 3.8) is 0 Å². The van der Waals surface area contributed by atoms with Gasteiger partial charge in [-0.05, 0) is 5.41 Å². The minimum Gasteiger partial charge on any atom is -0.481 e. The molecule has 0 saturated heterocycles. The predicted octanol–water partition coefficient (Wildman–Crippen LogP) is 1.36. The van der Waals surface area contributed by atoms with Gasteiger partial charge in [0.2, 0.25) is 5.91 Å². The number of aliphatic carboxylic acids is 1. The Kier molecular flexibility index (Phi) is 3.31. The SMILES string of the molecule is CC(C)(C)C(C(=O)O)C(=O)Nc1ccon1. The second-order valence-corrected chi connectivity index (χ2v) is 4.51. The summed E-state index contributed by atoms with van der Waals surface area (Å²) in [6, 6.07) is 1.44. The number of hydrogen-bond donors (Lipinski definition) is 2. The summed E-state index contributed by atoms with van der Waals surface area (Å²) in [7, 11) is 0. The van der Waals surface area contributed by atoms with Crippen molar-refractivity contribution in [1.82, 2.24) is 5.16 Å². The van der Waals surface area contributed by atoms with Gasteiger partial charge in [0.15, 0.2) is 5.82 Å². The van der Waals surface area contributed by atoms with Gasteiger partial charge in [0.1, 0.15) is 12.2 Å². The predicted molar refractivity (Wildman–Crippen MR) is 55.7 cm³/mol. The molecule has 0 aliphatic heterocycles. The molecule has 0 spiro atoms. The van der Waals surface area contributed by atoms with Gasteiger partial charge in [0.05, 0.1) is 0 Å². The molecule has 1 rings (SSSR count). The molecule has 1 aromatic heterocycles. The van der Waals surface area contributed by atoms with Gasteiger partial charge in [0.25, 0.3) is 0 Å². The van der Waals surface area contributed by atoms with E-state index in [-0.39, 0.29) is 5.82 Å². The van der Waals surface area contributed by atoms with Crippen LogP contribution in [0.15, 0.2) is 16.9 Å². The van der Waals surface area contributed by atoms with E-state index in [1.165, 1.54) is 12.3 Å². The summed E-state index contributed by atoms with van der Waals surface area (Å²) in [4.78, 5) is 22.7. The molecule has 2 N–H and O–H groups in total. The first kappa shape index (κ1) is 12.2. The van der Waals surface area contributed by atoms with E-state index in [1.54, 1.807) is 20.8 Å². The van der Waals surface area contributed by atoms with E-state index in [1.807, 2.05) is 0 Å². The molecule has 0 saturated carbocycles. The second kappa shape index (κ2) is 4.34. The van der Waals surface area contributed by atoms with Gasteiger partial charge in [0, 0.05) is 6.07 Å². The van der Waals surface area contributed by atoms with E-state index in [0.29, 0.717) is 0 Å². The first-order chi connectivity index (χ1) is 7.32. The van der Waals surface area contributed by atoms with Gasteiger partial charge in [-0.25, -0.2) is 0 Å². The second-order valence-electron chi connectivity index (χ2n) is 4.51. The fourth-order valence-corrected chi connectivity index (χ4v) is 1.35. The summed E-state index contributed by atoms with van der Waals surface area (Å²) in [6.07, 6.45) is 1.29. The van der Waals surface area contributed by atoms with E-state index in [0.717, 1.165) is 0 Å². The van der Waals surface area contributed by atoms with E-state index < -0.39 is 23.2 Å². The van der Waals surface area contributed by atoms with Crippen LogP contribution in [0.5, 0.6) is 0 Å². The Morgan fingerprint density at radius 3 is 2.50 bits per heavy atom. The lowest BCUT2D eigenvalue weighted by Crippen LogP contribution is -2.39. The number of anilines is 1. The summed E-state index contributed by atoms with van der Waals surface area (Å²) in [5.41, 5.74) is -0.667. The van der Waals surface area contributed by atoms with Crippen molar-refractivity contribution in [2.24, 2.45) is 11.3 Å². The lowest BCUT2D eigenvalue weighted by atomic mass is 9.80. The largest absolute Gasteiger partial charge is 0.481 e. The molecule has 1 aromatic rings. The fraction of sp³-hybridized carbons (Fsp3) is 0.500. The molecule has 16 heavy (non-hydrogen) atoms. The molecule has 1 amide bonds. The summed E-state index contributed by atoms with van der Waals surface area (Å²) in [6.45, 7) is 5.07. The zero-order valence-corrected chi connectivity index (χ0v) is 9.35. The summed E-state index contributed by atoms with van der Waals surface area (Å²) in [5.74, 6) is -2.69. The van der Waals surface area contributed by atoms with Crippen molar-refractivity contribution < 1.29 is 19.2 Å². The highest BCUT2D eigenvalue weighted by atomic mass is 16.5. The maximum Gasteiger partial charge on any atom is 0.316 e. The van der Waals surface area contributed by atoms with Gasteiger partial charge in [-0.3, -0.25) is 9.59 Å². The Morgan fingerprint density at radius 1 is 1.50 bits per heavy atom. The van der Waals surface area contributed by atoms with Crippen LogP contribution < -0.4 is 5.32 Å². The van der Waals surface area contributed by atoms with Gasteiger partial charge in [-0.15, -0.1) is 0 Å². The van der Waals surface area contributed by atoms with Crippen LogP contribution in [0.2, 0.25) is 0 Å². The lowest BCUT2D eigenvalue weighted by Gasteiger charge is -2.25. The van der Waals surface area contributed by atoms with Crippen LogP contribution in [0.4, 0.5) is 5.82 Å². The molecule has 6 heteroatoms. The minimum atomic E-state index is -1.16. The average Bonchev–Trinajstić information content (AvgIpc) is 2.52. The number of carboxylic acid groups (broad SMARTS) is 1. The molecule has 0 aromatic carbocycles. The molecule has 0 aliphatic carbocycles. The van der Waals surface area contributed by atoms with Crippen LogP contribution in [-0.4, -0.2) is 22.1 Å². The fourth-order valence-electron chi connectivity index (χ4n) is 1.35. The summed E-state index contributed by atoms with van der Waals surface area (Å²) in [5, 5.41) is 14.9. The topological polar surface area (TPSA) is 92.4 Å². The Bertz CT molecular complexity index is 378. The maximum absolute atomic E-state index is 11.7. The van der Waals surface area contributed by atoms with E-state index >= 15 is 0 Å². The molecule has 0 radical (unpaired) electrons. The lowest BCUT2D eigenvalue weighted by molar-refractivity contribution is -0.149. The standard InChI is InChI=1S/C10H14N2O4/c1-10(2,3)7(9(14)15)8(13)11-6-4-5-16-12-6/h4-5,7H,1-3H3,(H,14,15)(H,11,12,13). The Balaban J connectivity index is 2.81. The summed E-state index contributed by atoms with van der Waals surface area (Å²) < 4.78 is 4.53. The molecule has 0 aliphatic rings. The number of amides is 1. The van der Waals surface area contributed by atoms with Crippen molar-refractivity contribution in [3.8, 4) is 0 Å². The third kappa shape index (κ3) is 2.82. The maximum atomic E-state index is 11.7. The molecule has 88 valence electrons. The number of nitrogens with zero attached hydrogens (tertiary/aromatic N) is 1. The Hall–Kier alpha value is -1.85. The molecular formula is C10H14N2O4. The van der Waals surface area contributed by atoms with Crippen molar-refractivity contribution >= 4 is 17.7 Å². The Labute approximate surface area is 92.6 Å². The zero-order chi connectivity index (χ0) is 12.3. The van der Waals surface area contributed by atoms with Gasteiger partial charge in [-0.2, -0.15) is 0 Å². The van der Waals surface area contributed by atoms with Gasteiger partial charge < -0.3 is 14.9 Å². The van der Waals surface area contributed by atoms with Gasteiger partial charge >= 0.3 is 5.97 Å². The van der Waals surface area contributed by atoms with Crippen molar-refractivity contribution in [1.29, 1.82) is 0 Å². The highest BCUT2D eigenvalue weighted by Crippen LogP contribution is 2.27. The first-order valence-electron chi connectivity index (χ1n) is 4.76. The Morgan fingerprint density at radius 2 is 2.12 bits per heavy atom. The number of carbonyl (C=O) groups excluding carboxylic acids is 1. The normalized spacial score (nSPS) is 13.2. The third-order valence-electron chi connectivity index (χ3n) is 2.06. The number of carboxylic acids is 1. The van der Waals surface area contributed by atoms with Crippen LogP contribution >= 0.6 is 0 Å². The van der Waals surface area contributed by atoms with Crippen molar-refractivity contribution in [3.05, 3.63) is 12.3 Å². The highest BCUT2D eigenvalue weighted by Gasteiger charge is 2.37. The first-order valence-corrected chi connectivity index (χ1v) is 4.76. The molecule has 6 nitrogen and oxygen atoms in total. The van der Waals surface area contributed by atoms with Crippen LogP contribution in [-0.2, 0) is 9.59 Å². The van der Waals surface area contributed by atoms with Crippen LogP contribution in [0.1, 0.15) is 20.8 Å². The van der Waals surface area contributed by atoms with Crippen LogP contribution in [0, 0.1) is 11.3 Å². The van der Waals surface area contributed by atoms with E-state index in [9.17, 15) is 9.59 Å². The number of rotatable bonds is 3. The molecule has 1 atom stereocenters. The highest BCUT2D eigenvalue weighted by molar-refractivity contribution is 6.04. The third-order valence-corrected chi connectivity index (χ3v) is 2.06. The molecular weight excluding hydrogens is 212 g/mol. The van der Waals surface area contributed by atoms with Crippen molar-refractivity contribution in [2.45, 2.75) is 20.8 Å². The van der Waals surface area contributed by atoms with Crippen LogP contribution in [0.3, 0.4) is 0 Å². The molecule has 0 bridgehead atoms. The smallest absolute Gasteiger partial charge is 0.316 e. The van der Waals surface area contributed by atoms with E-state index in [2.05, 4.69) is 15.0 Å². The molecule has 1 unspecified atom stereocenters. The van der Waals surface area contributed by atoms with Crippen molar-refractivity contribution in [2.75, 3.05) is 5.32 Å². The van der Waals surface area contributed by atoms with Gasteiger partial charge in [-0.1, -0.05) is 25.9 Å². The number of nitrogens with one attached hydrogen (secondary N) is 1. The molecule has 1 heterocycles. The number of carbonyl (C=O) groups is 2. The molecule has 0 fully saturated rings. The van der Waals surface area contributed by atoms with Crippen LogP contribution in [0.25, 0.3) is 0 Å². The number of hydrogen-bond acceptors (Lipinski definition) is 4. The monoisotopic (exact) mass is 226 g/mol. The number of aromatic nitrogens is 1. The van der Waals surface area contributed by atoms with E-state index in [4.69, 9.17) is 5.11 Å². The average molecular weight is 226 g/mol.